The van der Waals surface area contributed by atoms with E-state index in [1.165, 1.54) is 0 Å². The van der Waals surface area contributed by atoms with Gasteiger partial charge >= 0.3 is 0 Å². The van der Waals surface area contributed by atoms with Crippen LogP contribution in [0.4, 0.5) is 0 Å². The Labute approximate surface area is 195 Å². The molecule has 168 valence electrons. The number of rotatable bonds is 5. The third-order valence-electron chi connectivity index (χ3n) is 5.33. The number of carbonyl (C=O) groups excluding carboxylic acids is 1. The molecule has 0 unspecified atom stereocenters. The molecule has 2 aliphatic heterocycles. The maximum Gasteiger partial charge on any atom is 0.236 e. The van der Waals surface area contributed by atoms with E-state index in [2.05, 4.69) is 20.1 Å². The molecule has 0 saturated carbocycles. The number of morpholine rings is 1. The molecule has 3 rings (SSSR count). The molecule has 0 aromatic heterocycles. The fraction of sp³-hybridized carbons (Fsp3) is 0.600. The molecule has 2 N–H and O–H groups in total. The van der Waals surface area contributed by atoms with Gasteiger partial charge in [0.1, 0.15) is 11.5 Å². The number of ether oxygens (including phenoxy) is 2. The number of piperazine rings is 1. The number of halogens is 1. The van der Waals surface area contributed by atoms with Gasteiger partial charge in [0.05, 0.1) is 26.9 Å². The zero-order valence-corrected chi connectivity index (χ0v) is 20.0. The zero-order valence-electron chi connectivity index (χ0n) is 17.7. The number of nitrogens with one attached hydrogen (secondary N) is 1. The molecular formula is C20H32IN5O4. The van der Waals surface area contributed by atoms with E-state index in [9.17, 15) is 9.90 Å². The summed E-state index contributed by atoms with van der Waals surface area (Å²) >= 11 is 0. The number of hydrogen-bond donors (Lipinski definition) is 2. The van der Waals surface area contributed by atoms with Crippen LogP contribution >= 0.6 is 24.0 Å². The highest BCUT2D eigenvalue weighted by atomic mass is 127. The largest absolute Gasteiger partial charge is 0.508 e. The number of carbonyl (C=O) groups is 1. The second kappa shape index (κ2) is 12.2. The minimum Gasteiger partial charge on any atom is -0.508 e. The van der Waals surface area contributed by atoms with E-state index in [0.717, 1.165) is 37.7 Å². The van der Waals surface area contributed by atoms with Gasteiger partial charge in [0.15, 0.2) is 5.96 Å². The van der Waals surface area contributed by atoms with Gasteiger partial charge in [0, 0.05) is 58.4 Å². The van der Waals surface area contributed by atoms with Gasteiger partial charge in [-0.2, -0.15) is 0 Å². The Hall–Kier alpha value is -1.79. The highest BCUT2D eigenvalue weighted by molar-refractivity contribution is 14.0. The first-order valence-electron chi connectivity index (χ1n) is 10.00. The molecule has 0 bridgehead atoms. The Morgan fingerprint density at radius 1 is 1.17 bits per heavy atom. The van der Waals surface area contributed by atoms with Gasteiger partial charge in [-0.1, -0.05) is 0 Å². The van der Waals surface area contributed by atoms with Crippen molar-refractivity contribution >= 4 is 35.8 Å². The molecule has 2 saturated heterocycles. The van der Waals surface area contributed by atoms with Crippen LogP contribution in [0.2, 0.25) is 0 Å². The summed E-state index contributed by atoms with van der Waals surface area (Å²) < 4.78 is 10.5. The van der Waals surface area contributed by atoms with Crippen LogP contribution in [0.5, 0.6) is 11.5 Å². The van der Waals surface area contributed by atoms with Crippen LogP contribution in [-0.2, 0) is 16.1 Å². The Balaban J connectivity index is 0.00000320. The number of guanidine groups is 1. The van der Waals surface area contributed by atoms with Crippen LogP contribution in [-0.4, -0.2) is 105 Å². The Bertz CT molecular complexity index is 719. The summed E-state index contributed by atoms with van der Waals surface area (Å²) in [5.41, 5.74) is 0.750. The highest BCUT2D eigenvalue weighted by Gasteiger charge is 2.24. The van der Waals surface area contributed by atoms with Crippen molar-refractivity contribution in [2.24, 2.45) is 4.99 Å². The lowest BCUT2D eigenvalue weighted by atomic mass is 10.2. The number of nitrogens with zero attached hydrogens (tertiary/aromatic N) is 4. The van der Waals surface area contributed by atoms with Crippen LogP contribution in [0, 0.1) is 0 Å². The average Bonchev–Trinajstić information content (AvgIpc) is 2.77. The van der Waals surface area contributed by atoms with Gasteiger partial charge in [-0.15, -0.1) is 24.0 Å². The summed E-state index contributed by atoms with van der Waals surface area (Å²) in [5, 5.41) is 13.4. The summed E-state index contributed by atoms with van der Waals surface area (Å²) in [6.07, 6.45) is 0. The van der Waals surface area contributed by atoms with Crippen LogP contribution < -0.4 is 10.1 Å². The summed E-state index contributed by atoms with van der Waals surface area (Å²) in [6.45, 7) is 6.74. The van der Waals surface area contributed by atoms with E-state index < -0.39 is 0 Å². The molecule has 0 radical (unpaired) electrons. The van der Waals surface area contributed by atoms with Crippen LogP contribution in [0.15, 0.2) is 23.2 Å². The quantitative estimate of drug-likeness (QED) is 0.325. The molecule has 10 heteroatoms. The molecule has 2 heterocycles. The lowest BCUT2D eigenvalue weighted by Crippen LogP contribution is -2.54. The molecule has 1 aromatic carbocycles. The fourth-order valence-electron chi connectivity index (χ4n) is 3.56. The molecule has 2 aliphatic rings. The lowest BCUT2D eigenvalue weighted by Gasteiger charge is -2.37. The molecule has 0 aliphatic carbocycles. The number of amides is 1. The summed E-state index contributed by atoms with van der Waals surface area (Å²) in [6, 6.07) is 5.17. The van der Waals surface area contributed by atoms with Gasteiger partial charge in [-0.3, -0.25) is 14.7 Å². The van der Waals surface area contributed by atoms with Gasteiger partial charge in [-0.05, 0) is 18.2 Å². The first-order chi connectivity index (χ1) is 14.1. The van der Waals surface area contributed by atoms with Crippen molar-refractivity contribution in [2.75, 3.05) is 73.2 Å². The summed E-state index contributed by atoms with van der Waals surface area (Å²) in [7, 11) is 3.36. The van der Waals surface area contributed by atoms with Gasteiger partial charge in [-0.25, -0.2) is 0 Å². The fourth-order valence-corrected chi connectivity index (χ4v) is 3.56. The van der Waals surface area contributed by atoms with Crippen LogP contribution in [0.1, 0.15) is 5.56 Å². The molecular weight excluding hydrogens is 501 g/mol. The Morgan fingerprint density at radius 3 is 2.50 bits per heavy atom. The van der Waals surface area contributed by atoms with E-state index in [1.54, 1.807) is 26.3 Å². The maximum atomic E-state index is 12.4. The minimum absolute atomic E-state index is 0. The number of aromatic hydroxyl groups is 1. The van der Waals surface area contributed by atoms with Crippen molar-refractivity contribution in [3.8, 4) is 11.5 Å². The SMILES string of the molecule is CN=C(NCc1cc(OC)ccc1O)N1CCN(CC(=O)N2CCOCC2)CC1.I. The van der Waals surface area contributed by atoms with E-state index in [4.69, 9.17) is 9.47 Å². The molecule has 1 aromatic rings. The zero-order chi connectivity index (χ0) is 20.6. The standard InChI is InChI=1S/C20H31N5O4.HI/c1-21-20(22-14-16-13-17(28-2)3-4-18(16)26)25-7-5-23(6-8-25)15-19(27)24-9-11-29-12-10-24;/h3-4,13,26H,5-12,14-15H2,1-2H3,(H,21,22);1H. The second-order valence-electron chi connectivity index (χ2n) is 7.15. The second-order valence-corrected chi connectivity index (χ2v) is 7.15. The number of aliphatic imine (C=N–C) groups is 1. The van der Waals surface area contributed by atoms with E-state index >= 15 is 0 Å². The minimum atomic E-state index is 0. The maximum absolute atomic E-state index is 12.4. The van der Waals surface area contributed by atoms with E-state index in [1.807, 2.05) is 11.0 Å². The Morgan fingerprint density at radius 2 is 1.87 bits per heavy atom. The summed E-state index contributed by atoms with van der Waals surface area (Å²) in [5.74, 6) is 1.89. The molecule has 30 heavy (non-hydrogen) atoms. The number of benzene rings is 1. The van der Waals surface area contributed by atoms with E-state index in [0.29, 0.717) is 45.1 Å². The first-order valence-corrected chi connectivity index (χ1v) is 10.00. The van der Waals surface area contributed by atoms with Crippen LogP contribution in [0.3, 0.4) is 0 Å². The van der Waals surface area contributed by atoms with E-state index in [-0.39, 0.29) is 35.6 Å². The van der Waals surface area contributed by atoms with Crippen molar-refractivity contribution in [3.05, 3.63) is 23.8 Å². The average molecular weight is 533 g/mol. The highest BCUT2D eigenvalue weighted by Crippen LogP contribution is 2.22. The number of methoxy groups -OCH3 is 1. The predicted molar refractivity (Wildman–Crippen MR) is 126 cm³/mol. The lowest BCUT2D eigenvalue weighted by molar-refractivity contribution is -0.136. The molecule has 1 amide bonds. The predicted octanol–water partition coefficient (Wildman–Crippen LogP) is 0.571. The molecule has 0 atom stereocenters. The van der Waals surface area contributed by atoms with Crippen molar-refractivity contribution < 1.29 is 19.4 Å². The van der Waals surface area contributed by atoms with Gasteiger partial charge in [0.25, 0.3) is 0 Å². The first kappa shape index (κ1) is 24.5. The third kappa shape index (κ3) is 6.61. The van der Waals surface area contributed by atoms with Gasteiger partial charge in [0.2, 0.25) is 5.91 Å². The summed E-state index contributed by atoms with van der Waals surface area (Å²) in [4.78, 5) is 23.0. The normalized spacial score (nSPS) is 18.0. The number of hydrogen-bond acceptors (Lipinski definition) is 6. The topological polar surface area (TPSA) is 89.9 Å². The molecule has 0 spiro atoms. The van der Waals surface area contributed by atoms with Crippen molar-refractivity contribution in [1.29, 1.82) is 0 Å². The smallest absolute Gasteiger partial charge is 0.236 e. The molecule has 9 nitrogen and oxygen atoms in total. The molecule has 2 fully saturated rings. The van der Waals surface area contributed by atoms with Crippen molar-refractivity contribution in [1.82, 2.24) is 20.0 Å². The number of phenols is 1. The number of phenolic OH excluding ortho intramolecular Hbond substituents is 1. The Kier molecular flexibility index (Phi) is 9.92. The van der Waals surface area contributed by atoms with Gasteiger partial charge < -0.3 is 29.7 Å². The van der Waals surface area contributed by atoms with Crippen LogP contribution in [0.25, 0.3) is 0 Å². The monoisotopic (exact) mass is 533 g/mol. The van der Waals surface area contributed by atoms with Crippen molar-refractivity contribution in [3.63, 3.8) is 0 Å². The third-order valence-corrected chi connectivity index (χ3v) is 5.33. The van der Waals surface area contributed by atoms with Crippen molar-refractivity contribution in [2.45, 2.75) is 6.54 Å².